The molecule has 3 rings (SSSR count). The second-order valence-corrected chi connectivity index (χ2v) is 5.67. The van der Waals surface area contributed by atoms with E-state index >= 15 is 0 Å². The fraction of sp³-hybridized carbons (Fsp3) is 0. The fourth-order valence-corrected chi connectivity index (χ4v) is 2.18. The highest BCUT2D eigenvalue weighted by Crippen LogP contribution is 2.17. The van der Waals surface area contributed by atoms with Crippen LogP contribution in [-0.4, -0.2) is 16.1 Å². The first kappa shape index (κ1) is 15.2. The van der Waals surface area contributed by atoms with E-state index in [1.807, 2.05) is 54.6 Å². The quantitative estimate of drug-likeness (QED) is 0.722. The van der Waals surface area contributed by atoms with Gasteiger partial charge in [-0.3, -0.25) is 4.79 Å². The fourth-order valence-electron chi connectivity index (χ4n) is 1.92. The maximum Gasteiger partial charge on any atom is 0.276 e. The Morgan fingerprint density at radius 3 is 2.22 bits per heavy atom. The van der Waals surface area contributed by atoms with Crippen LogP contribution >= 0.6 is 15.9 Å². The standard InChI is InChI=1S/C17H13BrN4O/c18-12-6-8-14(9-7-12)19-16-11-10-15(21-22-16)17(23)20-13-4-2-1-3-5-13/h1-11H,(H,19,22)(H,20,23). The molecule has 0 saturated carbocycles. The molecule has 0 fully saturated rings. The first-order chi connectivity index (χ1) is 11.2. The van der Waals surface area contributed by atoms with Crippen LogP contribution < -0.4 is 10.6 Å². The second kappa shape index (κ2) is 7.02. The van der Waals surface area contributed by atoms with E-state index in [9.17, 15) is 4.79 Å². The molecule has 0 spiro atoms. The van der Waals surface area contributed by atoms with E-state index < -0.39 is 0 Å². The largest absolute Gasteiger partial charge is 0.339 e. The van der Waals surface area contributed by atoms with E-state index in [2.05, 4.69) is 36.8 Å². The maximum absolute atomic E-state index is 12.1. The van der Waals surface area contributed by atoms with Gasteiger partial charge in [0.2, 0.25) is 0 Å². The number of anilines is 3. The number of nitrogens with one attached hydrogen (secondary N) is 2. The van der Waals surface area contributed by atoms with Crippen molar-refractivity contribution in [3.05, 3.63) is 76.9 Å². The van der Waals surface area contributed by atoms with Gasteiger partial charge < -0.3 is 10.6 Å². The Labute approximate surface area is 141 Å². The predicted molar refractivity (Wildman–Crippen MR) is 93.9 cm³/mol. The van der Waals surface area contributed by atoms with Gasteiger partial charge in [-0.15, -0.1) is 10.2 Å². The van der Waals surface area contributed by atoms with Crippen molar-refractivity contribution in [2.45, 2.75) is 0 Å². The molecule has 0 atom stereocenters. The van der Waals surface area contributed by atoms with E-state index in [1.165, 1.54) is 0 Å². The maximum atomic E-state index is 12.1. The number of nitrogens with zero attached hydrogens (tertiary/aromatic N) is 2. The molecule has 1 heterocycles. The summed E-state index contributed by atoms with van der Waals surface area (Å²) in [5, 5.41) is 13.9. The molecule has 0 aliphatic rings. The normalized spacial score (nSPS) is 10.1. The molecule has 23 heavy (non-hydrogen) atoms. The van der Waals surface area contributed by atoms with Gasteiger partial charge in [0.05, 0.1) is 0 Å². The highest BCUT2D eigenvalue weighted by Gasteiger charge is 2.08. The summed E-state index contributed by atoms with van der Waals surface area (Å²) in [5.74, 6) is 0.280. The molecule has 6 heteroatoms. The minimum Gasteiger partial charge on any atom is -0.339 e. The lowest BCUT2D eigenvalue weighted by atomic mass is 10.3. The zero-order valence-corrected chi connectivity index (χ0v) is 13.6. The number of para-hydroxylation sites is 1. The zero-order valence-electron chi connectivity index (χ0n) is 12.0. The summed E-state index contributed by atoms with van der Waals surface area (Å²) in [7, 11) is 0. The Morgan fingerprint density at radius 1 is 0.826 bits per heavy atom. The van der Waals surface area contributed by atoms with Gasteiger partial charge in [0.15, 0.2) is 11.5 Å². The van der Waals surface area contributed by atoms with Crippen LogP contribution in [0.15, 0.2) is 71.2 Å². The van der Waals surface area contributed by atoms with E-state index in [0.29, 0.717) is 5.82 Å². The number of carbonyl (C=O) groups is 1. The second-order valence-electron chi connectivity index (χ2n) is 4.76. The van der Waals surface area contributed by atoms with Crippen LogP contribution in [0.2, 0.25) is 0 Å². The average molecular weight is 369 g/mol. The molecule has 1 amide bonds. The lowest BCUT2D eigenvalue weighted by Crippen LogP contribution is -2.14. The summed E-state index contributed by atoms with van der Waals surface area (Å²) < 4.78 is 1.00. The first-order valence-electron chi connectivity index (χ1n) is 6.93. The van der Waals surface area contributed by atoms with Crippen molar-refractivity contribution >= 4 is 39.0 Å². The molecular formula is C17H13BrN4O. The van der Waals surface area contributed by atoms with Crippen molar-refractivity contribution in [1.82, 2.24) is 10.2 Å². The summed E-state index contributed by atoms with van der Waals surface area (Å²) >= 11 is 3.38. The van der Waals surface area contributed by atoms with Crippen LogP contribution in [0.4, 0.5) is 17.2 Å². The third kappa shape index (κ3) is 4.14. The molecule has 3 aromatic rings. The minimum absolute atomic E-state index is 0.259. The summed E-state index contributed by atoms with van der Waals surface area (Å²) in [5.41, 5.74) is 1.87. The molecule has 0 aliphatic carbocycles. The zero-order chi connectivity index (χ0) is 16.1. The topological polar surface area (TPSA) is 66.9 Å². The number of aromatic nitrogens is 2. The van der Waals surface area contributed by atoms with Gasteiger partial charge in [0, 0.05) is 15.8 Å². The summed E-state index contributed by atoms with van der Waals surface area (Å²) in [4.78, 5) is 12.1. The van der Waals surface area contributed by atoms with Gasteiger partial charge in [-0.2, -0.15) is 0 Å². The number of hydrogen-bond donors (Lipinski definition) is 2. The van der Waals surface area contributed by atoms with Gasteiger partial charge in [0.25, 0.3) is 5.91 Å². The lowest BCUT2D eigenvalue weighted by molar-refractivity contribution is 0.102. The van der Waals surface area contributed by atoms with E-state index in [-0.39, 0.29) is 11.6 Å². The van der Waals surface area contributed by atoms with Crippen LogP contribution in [0.25, 0.3) is 0 Å². The third-order valence-corrected chi connectivity index (χ3v) is 3.57. The van der Waals surface area contributed by atoms with Crippen molar-refractivity contribution in [3.8, 4) is 0 Å². The molecular weight excluding hydrogens is 356 g/mol. The first-order valence-corrected chi connectivity index (χ1v) is 7.73. The third-order valence-electron chi connectivity index (χ3n) is 3.05. The van der Waals surface area contributed by atoms with Gasteiger partial charge in [-0.1, -0.05) is 34.1 Å². The number of rotatable bonds is 4. The van der Waals surface area contributed by atoms with Crippen molar-refractivity contribution in [3.63, 3.8) is 0 Å². The Balaban J connectivity index is 1.66. The van der Waals surface area contributed by atoms with Crippen molar-refractivity contribution in [1.29, 1.82) is 0 Å². The number of hydrogen-bond acceptors (Lipinski definition) is 4. The van der Waals surface area contributed by atoms with Crippen molar-refractivity contribution in [2.24, 2.45) is 0 Å². The van der Waals surface area contributed by atoms with Gasteiger partial charge in [0.1, 0.15) is 0 Å². The Bertz CT molecular complexity index is 789. The number of carbonyl (C=O) groups excluding carboxylic acids is 1. The van der Waals surface area contributed by atoms with Gasteiger partial charge in [-0.25, -0.2) is 0 Å². The summed E-state index contributed by atoms with van der Waals surface area (Å²) in [6.07, 6.45) is 0. The number of benzene rings is 2. The number of amides is 1. The highest BCUT2D eigenvalue weighted by molar-refractivity contribution is 9.10. The van der Waals surface area contributed by atoms with E-state index in [0.717, 1.165) is 15.8 Å². The molecule has 0 bridgehead atoms. The molecule has 0 radical (unpaired) electrons. The molecule has 0 saturated heterocycles. The lowest BCUT2D eigenvalue weighted by Gasteiger charge is -2.06. The van der Waals surface area contributed by atoms with E-state index in [4.69, 9.17) is 0 Å². The smallest absolute Gasteiger partial charge is 0.276 e. The molecule has 0 unspecified atom stereocenters. The Morgan fingerprint density at radius 2 is 1.57 bits per heavy atom. The van der Waals surface area contributed by atoms with Gasteiger partial charge in [-0.05, 0) is 48.5 Å². The van der Waals surface area contributed by atoms with Crippen LogP contribution in [0.1, 0.15) is 10.5 Å². The SMILES string of the molecule is O=C(Nc1ccccc1)c1ccc(Nc2ccc(Br)cc2)nn1. The van der Waals surface area contributed by atoms with Crippen LogP contribution in [0, 0.1) is 0 Å². The predicted octanol–water partition coefficient (Wildman–Crippen LogP) is 4.24. The molecule has 0 aliphatic heterocycles. The van der Waals surface area contributed by atoms with E-state index in [1.54, 1.807) is 12.1 Å². The molecule has 1 aromatic heterocycles. The average Bonchev–Trinajstić information content (AvgIpc) is 2.58. The van der Waals surface area contributed by atoms with Crippen LogP contribution in [-0.2, 0) is 0 Å². The van der Waals surface area contributed by atoms with Crippen molar-refractivity contribution in [2.75, 3.05) is 10.6 Å². The minimum atomic E-state index is -0.293. The van der Waals surface area contributed by atoms with Crippen LogP contribution in [0.3, 0.4) is 0 Å². The summed E-state index contributed by atoms with van der Waals surface area (Å²) in [6.45, 7) is 0. The van der Waals surface area contributed by atoms with Crippen LogP contribution in [0.5, 0.6) is 0 Å². The highest BCUT2D eigenvalue weighted by atomic mass is 79.9. The molecule has 5 nitrogen and oxygen atoms in total. The van der Waals surface area contributed by atoms with Crippen molar-refractivity contribution < 1.29 is 4.79 Å². The Hall–Kier alpha value is -2.73. The molecule has 2 N–H and O–H groups in total. The summed E-state index contributed by atoms with van der Waals surface area (Å²) in [6, 6.07) is 20.3. The molecule has 114 valence electrons. The number of halogens is 1. The Kier molecular flexibility index (Phi) is 4.63. The monoisotopic (exact) mass is 368 g/mol. The van der Waals surface area contributed by atoms with Gasteiger partial charge >= 0.3 is 0 Å². The molecule has 2 aromatic carbocycles.